The highest BCUT2D eigenvalue weighted by Crippen LogP contribution is 2.21. The van der Waals surface area contributed by atoms with E-state index >= 15 is 0 Å². The number of hydrogen-bond donors (Lipinski definition) is 3. The van der Waals surface area contributed by atoms with Crippen molar-refractivity contribution < 1.29 is 4.79 Å². The lowest BCUT2D eigenvalue weighted by Crippen LogP contribution is -2.44. The third-order valence-corrected chi connectivity index (χ3v) is 3.80. The van der Waals surface area contributed by atoms with E-state index in [1.807, 2.05) is 43.5 Å². The van der Waals surface area contributed by atoms with Crippen LogP contribution in [0.5, 0.6) is 0 Å². The average molecular weight is 297 g/mol. The second-order valence-corrected chi connectivity index (χ2v) is 5.40. The number of hydrazine groups is 1. The molecule has 0 saturated carbocycles. The molecular formula is C16H19N5O. The molecule has 1 aliphatic rings. The van der Waals surface area contributed by atoms with Gasteiger partial charge in [-0.2, -0.15) is 0 Å². The number of hydrogen-bond acceptors (Lipinski definition) is 5. The van der Waals surface area contributed by atoms with Crippen LogP contribution in [0.25, 0.3) is 0 Å². The van der Waals surface area contributed by atoms with Crippen molar-refractivity contribution in [2.45, 2.75) is 31.5 Å². The van der Waals surface area contributed by atoms with Crippen LogP contribution in [0.15, 0.2) is 48.9 Å². The van der Waals surface area contributed by atoms with E-state index in [0.717, 1.165) is 11.3 Å². The monoisotopic (exact) mass is 297 g/mol. The molecule has 0 spiro atoms. The first-order valence-electron chi connectivity index (χ1n) is 7.36. The fourth-order valence-corrected chi connectivity index (χ4v) is 2.55. The smallest absolute Gasteiger partial charge is 0.239 e. The zero-order valence-corrected chi connectivity index (χ0v) is 12.4. The Hall–Kier alpha value is -2.31. The molecule has 1 fully saturated rings. The average Bonchev–Trinajstić information content (AvgIpc) is 3.06. The minimum atomic E-state index is -0.267. The zero-order valence-electron chi connectivity index (χ0n) is 12.4. The highest BCUT2D eigenvalue weighted by Gasteiger charge is 2.30. The molecule has 2 aromatic heterocycles. The molecular weight excluding hydrogens is 278 g/mol. The van der Waals surface area contributed by atoms with Crippen molar-refractivity contribution >= 4 is 5.91 Å². The van der Waals surface area contributed by atoms with Gasteiger partial charge in [0.05, 0.1) is 11.7 Å². The van der Waals surface area contributed by atoms with Crippen LogP contribution in [0.3, 0.4) is 0 Å². The largest absolute Gasteiger partial charge is 0.347 e. The van der Waals surface area contributed by atoms with Gasteiger partial charge < -0.3 is 5.32 Å². The van der Waals surface area contributed by atoms with E-state index in [9.17, 15) is 4.79 Å². The number of carbonyl (C=O) groups is 1. The van der Waals surface area contributed by atoms with Crippen LogP contribution < -0.4 is 16.2 Å². The van der Waals surface area contributed by atoms with E-state index < -0.39 is 0 Å². The summed E-state index contributed by atoms with van der Waals surface area (Å²) in [6, 6.07) is 9.29. The van der Waals surface area contributed by atoms with Crippen LogP contribution in [0.2, 0.25) is 0 Å². The lowest BCUT2D eigenvalue weighted by Gasteiger charge is -2.16. The first-order valence-corrected chi connectivity index (χ1v) is 7.36. The summed E-state index contributed by atoms with van der Waals surface area (Å²) in [5.74, 6) is -0.0305. The van der Waals surface area contributed by atoms with Crippen LogP contribution in [-0.2, 0) is 4.79 Å². The standard InChI is InChI=1S/C16H19N5O/c1-11(13-6-2-3-8-18-13)19-16(22)15-9-14(20-21-15)12-5-4-7-17-10-12/h2-8,10-11,14-15,20-21H,9H2,1H3,(H,19,22). The summed E-state index contributed by atoms with van der Waals surface area (Å²) in [7, 11) is 0. The summed E-state index contributed by atoms with van der Waals surface area (Å²) in [4.78, 5) is 20.7. The molecule has 1 aliphatic heterocycles. The van der Waals surface area contributed by atoms with Crippen molar-refractivity contribution in [3.8, 4) is 0 Å². The van der Waals surface area contributed by atoms with E-state index in [1.54, 1.807) is 12.4 Å². The normalized spacial score (nSPS) is 22.2. The van der Waals surface area contributed by atoms with E-state index in [0.29, 0.717) is 6.42 Å². The fourth-order valence-electron chi connectivity index (χ4n) is 2.55. The molecule has 0 aromatic carbocycles. The predicted molar refractivity (Wildman–Crippen MR) is 82.4 cm³/mol. The first-order chi connectivity index (χ1) is 10.7. The zero-order chi connectivity index (χ0) is 15.4. The van der Waals surface area contributed by atoms with E-state index in [4.69, 9.17) is 0 Å². The minimum absolute atomic E-state index is 0.0305. The SMILES string of the molecule is CC(NC(=O)C1CC(c2cccnc2)NN1)c1ccccn1. The molecule has 6 heteroatoms. The van der Waals surface area contributed by atoms with Gasteiger partial charge in [0.15, 0.2) is 0 Å². The Morgan fingerprint density at radius 3 is 2.91 bits per heavy atom. The van der Waals surface area contributed by atoms with E-state index in [1.165, 1.54) is 0 Å². The summed E-state index contributed by atoms with van der Waals surface area (Å²) < 4.78 is 0. The van der Waals surface area contributed by atoms with Crippen LogP contribution in [0, 0.1) is 0 Å². The summed E-state index contributed by atoms with van der Waals surface area (Å²) >= 11 is 0. The molecule has 3 rings (SSSR count). The number of carbonyl (C=O) groups excluding carboxylic acids is 1. The summed E-state index contributed by atoms with van der Waals surface area (Å²) in [5.41, 5.74) is 8.13. The van der Waals surface area contributed by atoms with Crippen molar-refractivity contribution in [1.82, 2.24) is 26.1 Å². The highest BCUT2D eigenvalue weighted by molar-refractivity contribution is 5.82. The van der Waals surface area contributed by atoms with Gasteiger partial charge in [-0.25, -0.2) is 10.9 Å². The summed E-state index contributed by atoms with van der Waals surface area (Å²) in [6.07, 6.45) is 5.97. The third kappa shape index (κ3) is 3.29. The summed E-state index contributed by atoms with van der Waals surface area (Å²) in [6.45, 7) is 1.93. The Balaban J connectivity index is 1.58. The van der Waals surface area contributed by atoms with Gasteiger partial charge in [-0.15, -0.1) is 0 Å². The number of nitrogens with zero attached hydrogens (tertiary/aromatic N) is 2. The number of amides is 1. The maximum Gasteiger partial charge on any atom is 0.239 e. The van der Waals surface area contributed by atoms with Gasteiger partial charge >= 0.3 is 0 Å². The Morgan fingerprint density at radius 1 is 1.27 bits per heavy atom. The first kappa shape index (κ1) is 14.6. The Kier molecular flexibility index (Phi) is 4.41. The van der Waals surface area contributed by atoms with Gasteiger partial charge in [0, 0.05) is 24.6 Å². The number of rotatable bonds is 4. The van der Waals surface area contributed by atoms with Crippen molar-refractivity contribution in [3.05, 3.63) is 60.2 Å². The molecule has 3 N–H and O–H groups in total. The van der Waals surface area contributed by atoms with Gasteiger partial charge in [0.25, 0.3) is 0 Å². The van der Waals surface area contributed by atoms with Crippen LogP contribution in [-0.4, -0.2) is 21.9 Å². The minimum Gasteiger partial charge on any atom is -0.347 e. The molecule has 3 unspecified atom stereocenters. The lowest BCUT2D eigenvalue weighted by molar-refractivity contribution is -0.123. The molecule has 1 saturated heterocycles. The fraction of sp³-hybridized carbons (Fsp3) is 0.312. The van der Waals surface area contributed by atoms with Crippen LogP contribution >= 0.6 is 0 Å². The molecule has 22 heavy (non-hydrogen) atoms. The van der Waals surface area contributed by atoms with Gasteiger partial charge in [-0.3, -0.25) is 14.8 Å². The summed E-state index contributed by atoms with van der Waals surface area (Å²) in [5, 5.41) is 2.99. The Morgan fingerprint density at radius 2 is 2.18 bits per heavy atom. The van der Waals surface area contributed by atoms with Gasteiger partial charge in [-0.1, -0.05) is 12.1 Å². The third-order valence-electron chi connectivity index (χ3n) is 3.80. The van der Waals surface area contributed by atoms with E-state index in [-0.39, 0.29) is 24.0 Å². The van der Waals surface area contributed by atoms with Crippen LogP contribution in [0.4, 0.5) is 0 Å². The highest BCUT2D eigenvalue weighted by atomic mass is 16.2. The molecule has 6 nitrogen and oxygen atoms in total. The van der Waals surface area contributed by atoms with Crippen molar-refractivity contribution in [3.63, 3.8) is 0 Å². The maximum absolute atomic E-state index is 12.3. The van der Waals surface area contributed by atoms with Gasteiger partial charge in [0.2, 0.25) is 5.91 Å². The second kappa shape index (κ2) is 6.64. The number of pyridine rings is 2. The molecule has 3 atom stereocenters. The predicted octanol–water partition coefficient (Wildman–Crippen LogP) is 1.26. The topological polar surface area (TPSA) is 78.9 Å². The van der Waals surface area contributed by atoms with Gasteiger partial charge in [0.1, 0.15) is 6.04 Å². The van der Waals surface area contributed by atoms with Crippen molar-refractivity contribution in [2.24, 2.45) is 0 Å². The molecule has 2 aromatic rings. The van der Waals surface area contributed by atoms with Crippen molar-refractivity contribution in [2.75, 3.05) is 0 Å². The molecule has 1 amide bonds. The van der Waals surface area contributed by atoms with Gasteiger partial charge in [-0.05, 0) is 37.1 Å². The molecule has 3 heterocycles. The quantitative estimate of drug-likeness (QED) is 0.792. The van der Waals surface area contributed by atoms with Crippen LogP contribution in [0.1, 0.15) is 36.7 Å². The second-order valence-electron chi connectivity index (χ2n) is 5.40. The lowest BCUT2D eigenvalue weighted by atomic mass is 10.0. The maximum atomic E-state index is 12.3. The molecule has 0 radical (unpaired) electrons. The van der Waals surface area contributed by atoms with E-state index in [2.05, 4.69) is 26.1 Å². The Bertz CT molecular complexity index is 619. The number of aromatic nitrogens is 2. The molecule has 0 aliphatic carbocycles. The molecule has 0 bridgehead atoms. The molecule has 114 valence electrons. The van der Waals surface area contributed by atoms with Crippen molar-refractivity contribution in [1.29, 1.82) is 0 Å². The Labute approximate surface area is 129 Å². The number of nitrogens with one attached hydrogen (secondary N) is 3.